The van der Waals surface area contributed by atoms with Crippen molar-refractivity contribution >= 4 is 23.4 Å². The van der Waals surface area contributed by atoms with Crippen molar-refractivity contribution in [3.8, 4) is 11.7 Å². The van der Waals surface area contributed by atoms with Crippen molar-refractivity contribution in [1.29, 1.82) is 0 Å². The van der Waals surface area contributed by atoms with Crippen LogP contribution < -0.4 is 5.32 Å². The maximum absolute atomic E-state index is 11.9. The molecule has 0 aliphatic rings. The van der Waals surface area contributed by atoms with Crippen LogP contribution in [0.5, 0.6) is 0 Å². The van der Waals surface area contributed by atoms with E-state index in [4.69, 9.17) is 8.83 Å². The van der Waals surface area contributed by atoms with Gasteiger partial charge in [-0.3, -0.25) is 4.79 Å². The first-order chi connectivity index (χ1) is 10.7. The number of aryl methyl sites for hydroxylation is 1. The van der Waals surface area contributed by atoms with Crippen molar-refractivity contribution in [3.63, 3.8) is 0 Å². The molecule has 0 saturated carbocycles. The number of rotatable bonds is 5. The van der Waals surface area contributed by atoms with E-state index in [1.165, 1.54) is 18.0 Å². The van der Waals surface area contributed by atoms with Gasteiger partial charge in [0.1, 0.15) is 0 Å². The normalized spacial score (nSPS) is 10.6. The molecular weight excluding hydrogens is 302 g/mol. The Hall–Kier alpha value is -2.54. The molecule has 0 saturated heterocycles. The lowest BCUT2D eigenvalue weighted by Gasteiger charge is -2.06. The van der Waals surface area contributed by atoms with Crippen LogP contribution in [0.3, 0.4) is 0 Å². The summed E-state index contributed by atoms with van der Waals surface area (Å²) in [5.41, 5.74) is 1.81. The van der Waals surface area contributed by atoms with Crippen molar-refractivity contribution < 1.29 is 13.6 Å². The van der Waals surface area contributed by atoms with Crippen LogP contribution in [0.4, 0.5) is 5.69 Å². The maximum atomic E-state index is 11.9. The molecule has 0 aliphatic carbocycles. The molecular formula is C15H13N3O3S. The number of hydrogen-bond donors (Lipinski definition) is 1. The van der Waals surface area contributed by atoms with Crippen molar-refractivity contribution in [1.82, 2.24) is 10.2 Å². The molecule has 0 fully saturated rings. The molecule has 3 rings (SSSR count). The Labute approximate surface area is 130 Å². The zero-order chi connectivity index (χ0) is 15.4. The van der Waals surface area contributed by atoms with Gasteiger partial charge in [-0.1, -0.05) is 30.0 Å². The van der Waals surface area contributed by atoms with E-state index in [0.717, 1.165) is 11.3 Å². The van der Waals surface area contributed by atoms with Gasteiger partial charge in [-0.15, -0.1) is 10.2 Å². The van der Waals surface area contributed by atoms with E-state index < -0.39 is 0 Å². The second-order valence-corrected chi connectivity index (χ2v) is 5.43. The van der Waals surface area contributed by atoms with Crippen LogP contribution in [0.2, 0.25) is 0 Å². The molecule has 6 nitrogen and oxygen atoms in total. The van der Waals surface area contributed by atoms with Gasteiger partial charge in [0.2, 0.25) is 5.91 Å². The Kier molecular flexibility index (Phi) is 4.24. The minimum absolute atomic E-state index is 0.128. The predicted molar refractivity (Wildman–Crippen MR) is 82.5 cm³/mol. The van der Waals surface area contributed by atoms with E-state index in [2.05, 4.69) is 15.5 Å². The standard InChI is InChI=1S/C15H13N3O3S/c1-10-5-2-3-6-11(10)16-13(19)9-22-15-18-17-14(21-15)12-7-4-8-20-12/h2-8H,9H2,1H3,(H,16,19). The van der Waals surface area contributed by atoms with E-state index in [9.17, 15) is 4.79 Å². The van der Waals surface area contributed by atoms with Crippen LogP contribution in [0.15, 0.2) is 56.7 Å². The molecule has 0 bridgehead atoms. The maximum Gasteiger partial charge on any atom is 0.284 e. The minimum atomic E-state index is -0.128. The highest BCUT2D eigenvalue weighted by Crippen LogP contribution is 2.23. The molecule has 2 aromatic heterocycles. The van der Waals surface area contributed by atoms with E-state index >= 15 is 0 Å². The Morgan fingerprint density at radius 3 is 2.86 bits per heavy atom. The number of carbonyl (C=O) groups is 1. The molecule has 0 radical (unpaired) electrons. The van der Waals surface area contributed by atoms with Gasteiger partial charge in [0.05, 0.1) is 12.0 Å². The molecule has 0 atom stereocenters. The van der Waals surface area contributed by atoms with E-state index in [0.29, 0.717) is 16.9 Å². The van der Waals surface area contributed by atoms with Crippen LogP contribution in [0.1, 0.15) is 5.56 Å². The second-order valence-electron chi connectivity index (χ2n) is 4.50. The highest BCUT2D eigenvalue weighted by molar-refractivity contribution is 7.99. The molecule has 0 unspecified atom stereocenters. The number of benzene rings is 1. The van der Waals surface area contributed by atoms with E-state index in [-0.39, 0.29) is 11.7 Å². The summed E-state index contributed by atoms with van der Waals surface area (Å²) >= 11 is 1.18. The van der Waals surface area contributed by atoms with Gasteiger partial charge in [0.25, 0.3) is 11.1 Å². The molecule has 112 valence electrons. The molecule has 3 aromatic rings. The lowest BCUT2D eigenvalue weighted by Crippen LogP contribution is -2.14. The fourth-order valence-corrected chi connectivity index (χ4v) is 2.36. The first kappa shape index (κ1) is 14.4. The Morgan fingerprint density at radius 1 is 1.23 bits per heavy atom. The fraction of sp³-hybridized carbons (Fsp3) is 0.133. The molecule has 7 heteroatoms. The van der Waals surface area contributed by atoms with Gasteiger partial charge in [0.15, 0.2) is 5.76 Å². The summed E-state index contributed by atoms with van der Waals surface area (Å²) in [6.45, 7) is 1.94. The van der Waals surface area contributed by atoms with Crippen LogP contribution in [0.25, 0.3) is 11.7 Å². The summed E-state index contributed by atoms with van der Waals surface area (Å²) in [5.74, 6) is 0.862. The summed E-state index contributed by atoms with van der Waals surface area (Å²) in [6, 6.07) is 11.1. The van der Waals surface area contributed by atoms with Gasteiger partial charge in [-0.2, -0.15) is 0 Å². The molecule has 0 spiro atoms. The van der Waals surface area contributed by atoms with E-state index in [1.807, 2.05) is 31.2 Å². The van der Waals surface area contributed by atoms with Crippen LogP contribution >= 0.6 is 11.8 Å². The number of carbonyl (C=O) groups excluding carboxylic acids is 1. The number of nitrogens with one attached hydrogen (secondary N) is 1. The third-order valence-corrected chi connectivity index (χ3v) is 3.70. The average Bonchev–Trinajstić information content (AvgIpc) is 3.18. The molecule has 22 heavy (non-hydrogen) atoms. The van der Waals surface area contributed by atoms with Crippen LogP contribution in [0, 0.1) is 6.92 Å². The summed E-state index contributed by atoms with van der Waals surface area (Å²) in [6.07, 6.45) is 1.53. The highest BCUT2D eigenvalue weighted by Gasteiger charge is 2.13. The van der Waals surface area contributed by atoms with Gasteiger partial charge < -0.3 is 14.2 Å². The minimum Gasteiger partial charge on any atom is -0.459 e. The Bertz CT molecular complexity index is 768. The van der Waals surface area contributed by atoms with Crippen molar-refractivity contribution in [2.24, 2.45) is 0 Å². The number of furan rings is 1. The lowest BCUT2D eigenvalue weighted by molar-refractivity contribution is -0.113. The number of aromatic nitrogens is 2. The third kappa shape index (κ3) is 3.37. The first-order valence-corrected chi connectivity index (χ1v) is 7.56. The quantitative estimate of drug-likeness (QED) is 0.727. The average molecular weight is 315 g/mol. The number of para-hydroxylation sites is 1. The van der Waals surface area contributed by atoms with Crippen LogP contribution in [-0.2, 0) is 4.79 Å². The fourth-order valence-electron chi connectivity index (χ4n) is 1.79. The number of nitrogens with zero attached hydrogens (tertiary/aromatic N) is 2. The topological polar surface area (TPSA) is 81.2 Å². The third-order valence-electron chi connectivity index (χ3n) is 2.88. The first-order valence-electron chi connectivity index (χ1n) is 6.58. The number of thioether (sulfide) groups is 1. The SMILES string of the molecule is Cc1ccccc1NC(=O)CSc1nnc(-c2ccco2)o1. The molecule has 2 heterocycles. The number of hydrogen-bond acceptors (Lipinski definition) is 6. The molecule has 1 aromatic carbocycles. The van der Waals surface area contributed by atoms with Gasteiger partial charge >= 0.3 is 0 Å². The monoisotopic (exact) mass is 315 g/mol. The van der Waals surface area contributed by atoms with Crippen molar-refractivity contribution in [3.05, 3.63) is 48.2 Å². The number of amides is 1. The smallest absolute Gasteiger partial charge is 0.284 e. The van der Waals surface area contributed by atoms with Gasteiger partial charge in [-0.05, 0) is 30.7 Å². The summed E-state index contributed by atoms with van der Waals surface area (Å²) in [5, 5.41) is 10.9. The second kappa shape index (κ2) is 6.48. The Morgan fingerprint density at radius 2 is 2.09 bits per heavy atom. The highest BCUT2D eigenvalue weighted by atomic mass is 32.2. The zero-order valence-electron chi connectivity index (χ0n) is 11.8. The zero-order valence-corrected chi connectivity index (χ0v) is 12.6. The largest absolute Gasteiger partial charge is 0.459 e. The lowest BCUT2D eigenvalue weighted by atomic mass is 10.2. The van der Waals surface area contributed by atoms with E-state index in [1.54, 1.807) is 12.1 Å². The summed E-state index contributed by atoms with van der Waals surface area (Å²) in [4.78, 5) is 11.9. The molecule has 1 N–H and O–H groups in total. The summed E-state index contributed by atoms with van der Waals surface area (Å²) < 4.78 is 10.6. The van der Waals surface area contributed by atoms with Crippen molar-refractivity contribution in [2.75, 3.05) is 11.1 Å². The Balaban J connectivity index is 1.56. The predicted octanol–water partition coefficient (Wildman–Crippen LogP) is 3.37. The molecule has 1 amide bonds. The van der Waals surface area contributed by atoms with Gasteiger partial charge in [0, 0.05) is 5.69 Å². The van der Waals surface area contributed by atoms with Crippen LogP contribution in [-0.4, -0.2) is 21.9 Å². The van der Waals surface area contributed by atoms with Crippen molar-refractivity contribution in [2.45, 2.75) is 12.1 Å². The number of anilines is 1. The van der Waals surface area contributed by atoms with Gasteiger partial charge in [-0.25, -0.2) is 0 Å². The summed E-state index contributed by atoms with van der Waals surface area (Å²) in [7, 11) is 0. The molecule has 0 aliphatic heterocycles.